The van der Waals surface area contributed by atoms with E-state index in [1.165, 1.54) is 12.1 Å². The Kier molecular flexibility index (Phi) is 4.52. The van der Waals surface area contributed by atoms with E-state index in [1.807, 2.05) is 0 Å². The van der Waals surface area contributed by atoms with Crippen molar-refractivity contribution in [2.24, 2.45) is 0 Å². The van der Waals surface area contributed by atoms with Crippen LogP contribution in [-0.2, 0) is 9.53 Å². The monoisotopic (exact) mass is 292 g/mol. The smallest absolute Gasteiger partial charge is 0.339 e. The number of ether oxygens (including phenoxy) is 1. The predicted octanol–water partition coefficient (Wildman–Crippen LogP) is 2.30. The lowest BCUT2D eigenvalue weighted by molar-refractivity contribution is -0.384. The Bertz CT molecular complexity index is 585. The lowest BCUT2D eigenvalue weighted by Gasteiger charge is -2.20. The Hall–Kier alpha value is -2.44. The van der Waals surface area contributed by atoms with E-state index in [2.05, 4.69) is 5.32 Å². The number of hydrogen-bond acceptors (Lipinski definition) is 6. The average Bonchev–Trinajstić information content (AvgIpc) is 2.48. The Labute approximate surface area is 121 Å². The van der Waals surface area contributed by atoms with Gasteiger partial charge in [0.05, 0.1) is 10.5 Å². The summed E-state index contributed by atoms with van der Waals surface area (Å²) in [6, 6.07) is 4.04. The normalized spacial score (nSPS) is 18.1. The molecule has 1 fully saturated rings. The first-order chi connectivity index (χ1) is 10.0. The molecule has 1 N–H and O–H groups in total. The van der Waals surface area contributed by atoms with Crippen LogP contribution in [0.4, 0.5) is 11.4 Å². The summed E-state index contributed by atoms with van der Waals surface area (Å²) in [4.78, 5) is 34.0. The number of Topliss-reactive ketones (excluding diaryl/α,β-unsaturated/α-hetero) is 1. The summed E-state index contributed by atoms with van der Waals surface area (Å²) in [5, 5.41) is 13.6. The van der Waals surface area contributed by atoms with Crippen LogP contribution < -0.4 is 5.32 Å². The number of rotatable bonds is 4. The summed E-state index contributed by atoms with van der Waals surface area (Å²) in [6.45, 7) is 0. The molecule has 1 aromatic carbocycles. The summed E-state index contributed by atoms with van der Waals surface area (Å²) in [7, 11) is 1.56. The number of anilines is 1. The summed E-state index contributed by atoms with van der Waals surface area (Å²) in [5.74, 6) is -0.794. The van der Waals surface area contributed by atoms with Gasteiger partial charge in [0.25, 0.3) is 5.69 Å². The zero-order valence-corrected chi connectivity index (χ0v) is 11.6. The molecule has 7 heteroatoms. The molecule has 0 spiro atoms. The molecule has 7 nitrogen and oxygen atoms in total. The second kappa shape index (κ2) is 6.34. The van der Waals surface area contributed by atoms with E-state index in [-0.39, 0.29) is 17.0 Å². The molecule has 1 saturated carbocycles. The summed E-state index contributed by atoms with van der Waals surface area (Å²) >= 11 is 0. The number of nitrogens with one attached hydrogen (secondary N) is 1. The van der Waals surface area contributed by atoms with Crippen molar-refractivity contribution in [3.63, 3.8) is 0 Å². The molecule has 0 unspecified atom stereocenters. The van der Waals surface area contributed by atoms with Gasteiger partial charge in [-0.05, 0) is 31.4 Å². The topological polar surface area (TPSA) is 98.5 Å². The summed E-state index contributed by atoms with van der Waals surface area (Å²) < 4.78 is 5.17. The molecule has 21 heavy (non-hydrogen) atoms. The van der Waals surface area contributed by atoms with E-state index in [4.69, 9.17) is 4.74 Å². The van der Waals surface area contributed by atoms with Gasteiger partial charge in [0, 0.05) is 19.5 Å². The van der Waals surface area contributed by atoms with Gasteiger partial charge in [-0.15, -0.1) is 0 Å². The molecule has 0 bridgehead atoms. The Morgan fingerprint density at radius 3 is 2.81 bits per heavy atom. The Morgan fingerprint density at radius 1 is 1.43 bits per heavy atom. The molecular formula is C14H16N2O5. The number of nitrogens with zero attached hydrogens (tertiary/aromatic N) is 1. The van der Waals surface area contributed by atoms with Crippen molar-refractivity contribution < 1.29 is 19.2 Å². The minimum absolute atomic E-state index is 0.0686. The van der Waals surface area contributed by atoms with Crippen LogP contribution in [0.15, 0.2) is 18.2 Å². The molecule has 0 heterocycles. The number of carbonyl (C=O) groups excluding carboxylic acids is 2. The number of esters is 1. The van der Waals surface area contributed by atoms with E-state index in [1.54, 1.807) is 7.05 Å². The van der Waals surface area contributed by atoms with Gasteiger partial charge in [0.1, 0.15) is 5.69 Å². The number of nitro benzene ring substituents is 1. The van der Waals surface area contributed by atoms with Crippen LogP contribution in [0.25, 0.3) is 0 Å². The van der Waals surface area contributed by atoms with Crippen LogP contribution in [0.5, 0.6) is 0 Å². The third-order valence-corrected chi connectivity index (χ3v) is 3.45. The second-order valence-electron chi connectivity index (χ2n) is 4.85. The molecule has 1 aromatic rings. The molecule has 0 aromatic heterocycles. The fraction of sp³-hybridized carbons (Fsp3) is 0.429. The molecule has 112 valence electrons. The molecule has 1 atom stereocenters. The molecule has 0 aliphatic heterocycles. The molecule has 1 aliphatic rings. The van der Waals surface area contributed by atoms with Gasteiger partial charge >= 0.3 is 5.97 Å². The molecule has 0 amide bonds. The first-order valence-electron chi connectivity index (χ1n) is 6.73. The lowest BCUT2D eigenvalue weighted by Crippen LogP contribution is -2.30. The summed E-state index contributed by atoms with van der Waals surface area (Å²) in [5.41, 5.74) is 0.172. The number of nitro groups is 1. The average molecular weight is 292 g/mol. The SMILES string of the molecule is CNc1ccc(C(=O)O[C@@H]2CCCCC2=O)cc1[N+](=O)[O-]. The number of hydrogen-bond donors (Lipinski definition) is 1. The van der Waals surface area contributed by atoms with E-state index >= 15 is 0 Å². The van der Waals surface area contributed by atoms with Crippen LogP contribution >= 0.6 is 0 Å². The van der Waals surface area contributed by atoms with E-state index in [0.29, 0.717) is 18.5 Å². The van der Waals surface area contributed by atoms with Crippen molar-refractivity contribution in [1.29, 1.82) is 0 Å². The van der Waals surface area contributed by atoms with Gasteiger partial charge in [0.15, 0.2) is 11.9 Å². The first-order valence-corrected chi connectivity index (χ1v) is 6.73. The highest BCUT2D eigenvalue weighted by atomic mass is 16.6. The van der Waals surface area contributed by atoms with Gasteiger partial charge < -0.3 is 10.1 Å². The maximum Gasteiger partial charge on any atom is 0.339 e. The minimum atomic E-state index is -0.728. The minimum Gasteiger partial charge on any atom is -0.451 e. The largest absolute Gasteiger partial charge is 0.451 e. The maximum atomic E-state index is 12.0. The predicted molar refractivity (Wildman–Crippen MR) is 75.3 cm³/mol. The molecule has 2 rings (SSSR count). The highest BCUT2D eigenvalue weighted by Crippen LogP contribution is 2.26. The van der Waals surface area contributed by atoms with Crippen LogP contribution in [0.2, 0.25) is 0 Å². The van der Waals surface area contributed by atoms with Gasteiger partial charge in [0.2, 0.25) is 0 Å². The number of benzene rings is 1. The molecule has 0 saturated heterocycles. The van der Waals surface area contributed by atoms with Gasteiger partial charge in [-0.25, -0.2) is 4.79 Å². The van der Waals surface area contributed by atoms with Gasteiger partial charge in [-0.2, -0.15) is 0 Å². The van der Waals surface area contributed by atoms with Crippen molar-refractivity contribution in [3.8, 4) is 0 Å². The van der Waals surface area contributed by atoms with E-state index in [0.717, 1.165) is 18.9 Å². The quantitative estimate of drug-likeness (QED) is 0.519. The van der Waals surface area contributed by atoms with Crippen LogP contribution in [0.3, 0.4) is 0 Å². The Morgan fingerprint density at radius 2 is 2.19 bits per heavy atom. The highest BCUT2D eigenvalue weighted by Gasteiger charge is 2.27. The summed E-state index contributed by atoms with van der Waals surface area (Å²) in [6.07, 6.45) is 1.85. The standard InChI is InChI=1S/C14H16N2O5/c1-15-10-7-6-9(8-11(10)16(19)20)14(18)21-13-5-3-2-4-12(13)17/h6-8,13,15H,2-5H2,1H3/t13-/m1/s1. The third kappa shape index (κ3) is 3.36. The zero-order chi connectivity index (χ0) is 15.4. The van der Waals surface area contributed by atoms with Crippen molar-refractivity contribution in [3.05, 3.63) is 33.9 Å². The number of ketones is 1. The third-order valence-electron chi connectivity index (χ3n) is 3.45. The highest BCUT2D eigenvalue weighted by molar-refractivity contribution is 5.94. The van der Waals surface area contributed by atoms with E-state index in [9.17, 15) is 19.7 Å². The zero-order valence-electron chi connectivity index (χ0n) is 11.6. The fourth-order valence-electron chi connectivity index (χ4n) is 2.29. The first kappa shape index (κ1) is 15.0. The second-order valence-corrected chi connectivity index (χ2v) is 4.85. The van der Waals surface area contributed by atoms with E-state index < -0.39 is 17.0 Å². The molecular weight excluding hydrogens is 276 g/mol. The van der Waals surface area contributed by atoms with Crippen molar-refractivity contribution >= 4 is 23.1 Å². The maximum absolute atomic E-state index is 12.0. The van der Waals surface area contributed by atoms with Crippen molar-refractivity contribution in [2.75, 3.05) is 12.4 Å². The van der Waals surface area contributed by atoms with Crippen molar-refractivity contribution in [1.82, 2.24) is 0 Å². The van der Waals surface area contributed by atoms with Crippen molar-refractivity contribution in [2.45, 2.75) is 31.8 Å². The number of carbonyl (C=O) groups is 2. The Balaban J connectivity index is 2.17. The fourth-order valence-corrected chi connectivity index (χ4v) is 2.29. The lowest BCUT2D eigenvalue weighted by atomic mass is 9.96. The van der Waals surface area contributed by atoms with Crippen LogP contribution in [0, 0.1) is 10.1 Å². The van der Waals surface area contributed by atoms with Crippen LogP contribution in [0.1, 0.15) is 36.0 Å². The van der Waals surface area contributed by atoms with Gasteiger partial charge in [-0.3, -0.25) is 14.9 Å². The molecule has 0 radical (unpaired) electrons. The molecule has 1 aliphatic carbocycles. The van der Waals surface area contributed by atoms with Gasteiger partial charge in [-0.1, -0.05) is 0 Å². The van der Waals surface area contributed by atoms with Crippen LogP contribution in [-0.4, -0.2) is 29.8 Å².